The van der Waals surface area contributed by atoms with E-state index in [-0.39, 0.29) is 11.2 Å². The molecular formula is C16H16F3N3O2. The quantitative estimate of drug-likeness (QED) is 0.935. The van der Waals surface area contributed by atoms with E-state index in [1.54, 1.807) is 20.8 Å². The Morgan fingerprint density at radius 1 is 1.21 bits per heavy atom. The number of carbonyl (C=O) groups excluding carboxylic acids is 1. The number of hydrogen-bond donors (Lipinski definition) is 1. The molecule has 5 nitrogen and oxygen atoms in total. The first-order chi connectivity index (χ1) is 11.1. The Morgan fingerprint density at radius 3 is 2.46 bits per heavy atom. The highest BCUT2D eigenvalue weighted by Crippen LogP contribution is 2.34. The number of aryl methyl sites for hydroxylation is 2. The number of aromatic nitrogens is 2. The van der Waals surface area contributed by atoms with Gasteiger partial charge in [0.1, 0.15) is 12.4 Å². The minimum absolute atomic E-state index is 0.322. The standard InChI is InChI=1S/C16H16F3N3O2/c1-9-10(2)20-11(3)22(15(9)24)8-14(23)21-13-7-5-4-6-12(13)16(17,18)19/h4-7H,8H2,1-3H3,(H,21,23). The van der Waals surface area contributed by atoms with Crippen LogP contribution in [0, 0.1) is 20.8 Å². The third kappa shape index (κ3) is 3.64. The molecule has 0 atom stereocenters. The van der Waals surface area contributed by atoms with Crippen LogP contribution in [0.4, 0.5) is 18.9 Å². The summed E-state index contributed by atoms with van der Waals surface area (Å²) in [4.78, 5) is 28.4. The summed E-state index contributed by atoms with van der Waals surface area (Å²) in [6.45, 7) is 4.40. The fourth-order valence-electron chi connectivity index (χ4n) is 2.25. The number of nitrogens with zero attached hydrogens (tertiary/aromatic N) is 2. The van der Waals surface area contributed by atoms with Crippen molar-refractivity contribution in [2.45, 2.75) is 33.5 Å². The van der Waals surface area contributed by atoms with Crippen LogP contribution in [0.3, 0.4) is 0 Å². The first-order valence-electron chi connectivity index (χ1n) is 7.12. The van der Waals surface area contributed by atoms with Crippen LogP contribution < -0.4 is 10.9 Å². The molecule has 0 spiro atoms. The zero-order valence-electron chi connectivity index (χ0n) is 13.4. The van der Waals surface area contributed by atoms with Crippen molar-refractivity contribution < 1.29 is 18.0 Å². The largest absolute Gasteiger partial charge is 0.418 e. The summed E-state index contributed by atoms with van der Waals surface area (Å²) in [6.07, 6.45) is -4.58. The normalized spacial score (nSPS) is 11.4. The van der Waals surface area contributed by atoms with Gasteiger partial charge in [0, 0.05) is 11.3 Å². The summed E-state index contributed by atoms with van der Waals surface area (Å²) in [5, 5.41) is 2.21. The van der Waals surface area contributed by atoms with E-state index in [2.05, 4.69) is 10.3 Å². The summed E-state index contributed by atoms with van der Waals surface area (Å²) in [5.41, 5.74) is -0.738. The molecule has 0 bridgehead atoms. The van der Waals surface area contributed by atoms with Gasteiger partial charge in [-0.15, -0.1) is 0 Å². The number of anilines is 1. The Labute approximate surface area is 136 Å². The molecule has 0 unspecified atom stereocenters. The predicted octanol–water partition coefficient (Wildman–Crippen LogP) is 2.83. The molecule has 24 heavy (non-hydrogen) atoms. The topological polar surface area (TPSA) is 64.0 Å². The maximum Gasteiger partial charge on any atom is 0.418 e. The van der Waals surface area contributed by atoms with Crippen molar-refractivity contribution in [3.8, 4) is 0 Å². The van der Waals surface area contributed by atoms with Gasteiger partial charge in [-0.3, -0.25) is 14.2 Å². The number of benzene rings is 1. The Bertz CT molecular complexity index is 841. The third-order valence-electron chi connectivity index (χ3n) is 3.64. The summed E-state index contributed by atoms with van der Waals surface area (Å²) < 4.78 is 39.9. The van der Waals surface area contributed by atoms with Gasteiger partial charge in [0.15, 0.2) is 0 Å². The van der Waals surface area contributed by atoms with E-state index in [1.165, 1.54) is 12.1 Å². The maximum atomic E-state index is 12.9. The summed E-state index contributed by atoms with van der Waals surface area (Å²) in [7, 11) is 0. The van der Waals surface area contributed by atoms with Gasteiger partial charge in [0.05, 0.1) is 11.3 Å². The molecule has 128 valence electrons. The second-order valence-corrected chi connectivity index (χ2v) is 5.35. The molecule has 1 aromatic carbocycles. The Morgan fingerprint density at radius 2 is 1.83 bits per heavy atom. The number of hydrogen-bond acceptors (Lipinski definition) is 3. The molecule has 0 fully saturated rings. The van der Waals surface area contributed by atoms with Gasteiger partial charge in [-0.2, -0.15) is 13.2 Å². The number of halogens is 3. The van der Waals surface area contributed by atoms with Crippen LogP contribution in [0.1, 0.15) is 22.6 Å². The minimum Gasteiger partial charge on any atom is -0.324 e. The van der Waals surface area contributed by atoms with Crippen molar-refractivity contribution in [2.75, 3.05) is 5.32 Å². The first-order valence-corrected chi connectivity index (χ1v) is 7.12. The van der Waals surface area contributed by atoms with Crippen LogP contribution in [0.5, 0.6) is 0 Å². The van der Waals surface area contributed by atoms with Gasteiger partial charge >= 0.3 is 6.18 Å². The molecule has 0 aliphatic heterocycles. The molecular weight excluding hydrogens is 323 g/mol. The van der Waals surface area contributed by atoms with E-state index >= 15 is 0 Å². The second-order valence-electron chi connectivity index (χ2n) is 5.35. The molecule has 1 amide bonds. The molecule has 1 heterocycles. The molecule has 2 rings (SSSR count). The lowest BCUT2D eigenvalue weighted by Crippen LogP contribution is -2.32. The highest BCUT2D eigenvalue weighted by molar-refractivity contribution is 5.91. The van der Waals surface area contributed by atoms with Crippen LogP contribution in [-0.2, 0) is 17.5 Å². The average molecular weight is 339 g/mol. The van der Waals surface area contributed by atoms with Gasteiger partial charge in [-0.1, -0.05) is 12.1 Å². The summed E-state index contributed by atoms with van der Waals surface area (Å²) >= 11 is 0. The van der Waals surface area contributed by atoms with Crippen LogP contribution in [-0.4, -0.2) is 15.5 Å². The molecule has 0 saturated heterocycles. The predicted molar refractivity (Wildman–Crippen MR) is 82.8 cm³/mol. The van der Waals surface area contributed by atoms with Crippen LogP contribution in [0.15, 0.2) is 29.1 Å². The Hall–Kier alpha value is -2.64. The van der Waals surface area contributed by atoms with Crippen LogP contribution in [0.2, 0.25) is 0 Å². The van der Waals surface area contributed by atoms with E-state index in [9.17, 15) is 22.8 Å². The molecule has 1 N–H and O–H groups in total. The van der Waals surface area contributed by atoms with Crippen molar-refractivity contribution in [3.63, 3.8) is 0 Å². The van der Waals surface area contributed by atoms with Gasteiger partial charge in [0.25, 0.3) is 5.56 Å². The molecule has 1 aromatic heterocycles. The zero-order chi connectivity index (χ0) is 18.1. The third-order valence-corrected chi connectivity index (χ3v) is 3.64. The summed E-state index contributed by atoms with van der Waals surface area (Å²) in [5.74, 6) is -0.413. The second kappa shape index (κ2) is 6.46. The SMILES string of the molecule is Cc1nc(C)n(CC(=O)Nc2ccccc2C(F)(F)F)c(=O)c1C. The number of rotatable bonds is 3. The van der Waals surface area contributed by atoms with Gasteiger partial charge in [0.2, 0.25) is 5.91 Å². The van der Waals surface area contributed by atoms with Crippen molar-refractivity contribution in [1.29, 1.82) is 0 Å². The van der Waals surface area contributed by atoms with Crippen molar-refractivity contribution in [2.24, 2.45) is 0 Å². The van der Waals surface area contributed by atoms with Crippen molar-refractivity contribution in [3.05, 3.63) is 57.3 Å². The lowest BCUT2D eigenvalue weighted by molar-refractivity contribution is -0.137. The Balaban J connectivity index is 2.28. The number of nitrogens with one attached hydrogen (secondary N) is 1. The fourth-order valence-corrected chi connectivity index (χ4v) is 2.25. The average Bonchev–Trinajstić information content (AvgIpc) is 2.49. The minimum atomic E-state index is -4.58. The number of alkyl halides is 3. The van der Waals surface area contributed by atoms with Gasteiger partial charge < -0.3 is 5.32 Å². The van der Waals surface area contributed by atoms with Crippen LogP contribution >= 0.6 is 0 Å². The summed E-state index contributed by atoms with van der Waals surface area (Å²) in [6, 6.07) is 4.67. The lowest BCUT2D eigenvalue weighted by Gasteiger charge is -2.15. The number of carbonyl (C=O) groups is 1. The van der Waals surface area contributed by atoms with Crippen molar-refractivity contribution >= 4 is 11.6 Å². The Kier molecular flexibility index (Phi) is 4.77. The van der Waals surface area contributed by atoms with Crippen LogP contribution in [0.25, 0.3) is 0 Å². The molecule has 0 aliphatic rings. The van der Waals surface area contributed by atoms with E-state index < -0.39 is 24.2 Å². The van der Waals surface area contributed by atoms with E-state index in [4.69, 9.17) is 0 Å². The maximum absolute atomic E-state index is 12.9. The molecule has 0 radical (unpaired) electrons. The lowest BCUT2D eigenvalue weighted by atomic mass is 10.1. The number of amides is 1. The molecule has 8 heteroatoms. The molecule has 0 saturated carbocycles. The molecule has 0 aliphatic carbocycles. The first kappa shape index (κ1) is 17.7. The van der Waals surface area contributed by atoms with Gasteiger partial charge in [-0.25, -0.2) is 4.98 Å². The van der Waals surface area contributed by atoms with Crippen molar-refractivity contribution in [1.82, 2.24) is 9.55 Å². The fraction of sp³-hybridized carbons (Fsp3) is 0.312. The monoisotopic (exact) mass is 339 g/mol. The highest BCUT2D eigenvalue weighted by atomic mass is 19.4. The smallest absolute Gasteiger partial charge is 0.324 e. The van der Waals surface area contributed by atoms with Gasteiger partial charge in [-0.05, 0) is 32.9 Å². The van der Waals surface area contributed by atoms with E-state index in [0.717, 1.165) is 16.7 Å². The molecule has 2 aromatic rings. The van der Waals surface area contributed by atoms with E-state index in [0.29, 0.717) is 17.1 Å². The highest BCUT2D eigenvalue weighted by Gasteiger charge is 2.33. The number of para-hydroxylation sites is 1. The zero-order valence-corrected chi connectivity index (χ0v) is 13.4. The van der Waals surface area contributed by atoms with E-state index in [1.807, 2.05) is 0 Å².